The molecule has 7 heteroatoms. The summed E-state index contributed by atoms with van der Waals surface area (Å²) in [5, 5.41) is 14.2. The second-order valence-corrected chi connectivity index (χ2v) is 10.8. The van der Waals surface area contributed by atoms with Gasteiger partial charge in [-0.3, -0.25) is 4.99 Å². The molecule has 5 rings (SSSR count). The van der Waals surface area contributed by atoms with E-state index in [4.69, 9.17) is 15.7 Å². The summed E-state index contributed by atoms with van der Waals surface area (Å²) in [6.07, 6.45) is 18.4. The second-order valence-electron chi connectivity index (χ2n) is 10.8. The first-order valence-corrected chi connectivity index (χ1v) is 13.9. The number of fused-ring (bicyclic) bond motifs is 1. The van der Waals surface area contributed by atoms with Crippen molar-refractivity contribution in [2.45, 2.75) is 57.9 Å². The van der Waals surface area contributed by atoms with Gasteiger partial charge in [0.2, 0.25) is 0 Å². The van der Waals surface area contributed by atoms with Crippen molar-refractivity contribution in [2.75, 3.05) is 18.0 Å². The number of nitrogens with zero attached hydrogens (tertiary/aromatic N) is 6. The molecule has 4 heterocycles. The van der Waals surface area contributed by atoms with Crippen LogP contribution in [0.25, 0.3) is 22.2 Å². The first-order valence-electron chi connectivity index (χ1n) is 13.9. The SMILES string of the molecule is C=CC1(CC)CCN(c2ccc(-c3cc(/C(C=NC4CCC(=C)CC4)=C/N)cn4ncc(C#N)c34)cn2)CC1. The second kappa shape index (κ2) is 11.3. The average Bonchev–Trinajstić information content (AvgIpc) is 3.41. The molecule has 0 bridgehead atoms. The number of nitrogens with two attached hydrogens (primary N) is 1. The third-order valence-electron chi connectivity index (χ3n) is 8.61. The molecule has 1 aliphatic heterocycles. The Morgan fingerprint density at radius 3 is 2.64 bits per heavy atom. The number of aliphatic imine (C=N–C) groups is 1. The van der Waals surface area contributed by atoms with E-state index in [1.54, 1.807) is 16.9 Å². The predicted molar refractivity (Wildman–Crippen MR) is 160 cm³/mol. The Morgan fingerprint density at radius 1 is 1.26 bits per heavy atom. The number of aromatic nitrogens is 3. The first kappa shape index (κ1) is 26.4. The Balaban J connectivity index is 1.44. The number of nitriles is 1. The van der Waals surface area contributed by atoms with Gasteiger partial charge in [0.1, 0.15) is 11.9 Å². The van der Waals surface area contributed by atoms with E-state index in [1.165, 1.54) is 5.57 Å². The maximum absolute atomic E-state index is 9.77. The molecule has 2 aliphatic rings. The van der Waals surface area contributed by atoms with E-state index in [0.29, 0.717) is 5.56 Å². The molecule has 3 aromatic heterocycles. The van der Waals surface area contributed by atoms with Crippen molar-refractivity contribution < 1.29 is 0 Å². The minimum absolute atomic E-state index is 0.237. The van der Waals surface area contributed by atoms with E-state index < -0.39 is 0 Å². The highest BCUT2D eigenvalue weighted by atomic mass is 15.2. The van der Waals surface area contributed by atoms with Gasteiger partial charge >= 0.3 is 0 Å². The fraction of sp³-hybridized carbons (Fsp3) is 0.375. The highest BCUT2D eigenvalue weighted by molar-refractivity contribution is 6.10. The number of hydrogen-bond donors (Lipinski definition) is 1. The summed E-state index contributed by atoms with van der Waals surface area (Å²) in [5.41, 5.74) is 12.4. The van der Waals surface area contributed by atoms with Crippen LogP contribution in [0.5, 0.6) is 0 Å². The molecule has 7 nitrogen and oxygen atoms in total. The fourth-order valence-electron chi connectivity index (χ4n) is 5.76. The summed E-state index contributed by atoms with van der Waals surface area (Å²) >= 11 is 0. The van der Waals surface area contributed by atoms with E-state index in [9.17, 15) is 5.26 Å². The van der Waals surface area contributed by atoms with Gasteiger partial charge in [0.05, 0.1) is 23.3 Å². The van der Waals surface area contributed by atoms with Gasteiger partial charge in [-0.25, -0.2) is 9.50 Å². The molecule has 0 spiro atoms. The summed E-state index contributed by atoms with van der Waals surface area (Å²) in [5.74, 6) is 0.971. The van der Waals surface area contributed by atoms with Crippen LogP contribution in [-0.2, 0) is 0 Å². The lowest BCUT2D eigenvalue weighted by Gasteiger charge is -2.40. The minimum Gasteiger partial charge on any atom is -0.404 e. The van der Waals surface area contributed by atoms with Crippen molar-refractivity contribution in [1.82, 2.24) is 14.6 Å². The van der Waals surface area contributed by atoms with Crippen LogP contribution in [0.1, 0.15) is 63.0 Å². The Bertz CT molecular complexity index is 1450. The Hall–Kier alpha value is -4.18. The highest BCUT2D eigenvalue weighted by Crippen LogP contribution is 2.37. The van der Waals surface area contributed by atoms with Crippen molar-refractivity contribution in [3.63, 3.8) is 0 Å². The zero-order valence-electron chi connectivity index (χ0n) is 22.8. The summed E-state index contributed by atoms with van der Waals surface area (Å²) in [7, 11) is 0. The van der Waals surface area contributed by atoms with Crippen molar-refractivity contribution in [3.05, 3.63) is 78.9 Å². The number of anilines is 1. The van der Waals surface area contributed by atoms with Crippen LogP contribution in [0.15, 0.2) is 72.8 Å². The predicted octanol–water partition coefficient (Wildman–Crippen LogP) is 6.32. The molecule has 0 unspecified atom stereocenters. The molecule has 2 N–H and O–H groups in total. The standard InChI is InChI=1S/C32H37N7/c1-4-32(5-2)12-14-38(15-13-32)30-11-8-24(19-36-30)29-16-25(22-39-31(29)27(18-34)21-37-39)26(17-33)20-35-28-9-6-23(3)7-10-28/h4,8,11,16-17,19-22,28H,1,3,5-7,9-10,12-15,33H2,2H3/b26-17+,35-20?. The Labute approximate surface area is 231 Å². The van der Waals surface area contributed by atoms with Gasteiger partial charge in [0.25, 0.3) is 0 Å². The Kier molecular flexibility index (Phi) is 7.65. The number of piperidine rings is 1. The summed E-state index contributed by atoms with van der Waals surface area (Å²) < 4.78 is 1.75. The van der Waals surface area contributed by atoms with Crippen molar-refractivity contribution in [1.29, 1.82) is 5.26 Å². The summed E-state index contributed by atoms with van der Waals surface area (Å²) in [6, 6.07) is 8.78. The van der Waals surface area contributed by atoms with Gasteiger partial charge < -0.3 is 10.6 Å². The smallest absolute Gasteiger partial charge is 0.128 e. The van der Waals surface area contributed by atoms with Crippen molar-refractivity contribution in [3.8, 4) is 17.2 Å². The largest absolute Gasteiger partial charge is 0.404 e. The lowest BCUT2D eigenvalue weighted by molar-refractivity contribution is 0.283. The van der Waals surface area contributed by atoms with E-state index >= 15 is 0 Å². The molecular formula is C32H37N7. The lowest BCUT2D eigenvalue weighted by Crippen LogP contribution is -2.39. The molecule has 0 aromatic carbocycles. The molecule has 0 amide bonds. The summed E-state index contributed by atoms with van der Waals surface area (Å²) in [6.45, 7) is 12.4. The normalized spacial score (nSPS) is 18.5. The fourth-order valence-corrected chi connectivity index (χ4v) is 5.76. The molecular weight excluding hydrogens is 482 g/mol. The van der Waals surface area contributed by atoms with Crippen LogP contribution < -0.4 is 10.6 Å². The monoisotopic (exact) mass is 519 g/mol. The highest BCUT2D eigenvalue weighted by Gasteiger charge is 2.30. The number of hydrogen-bond acceptors (Lipinski definition) is 6. The van der Waals surface area contributed by atoms with Gasteiger partial charge in [-0.15, -0.1) is 6.58 Å². The van der Waals surface area contributed by atoms with Gasteiger partial charge in [0, 0.05) is 60.2 Å². The van der Waals surface area contributed by atoms with Gasteiger partial charge in [-0.1, -0.05) is 25.2 Å². The topological polar surface area (TPSA) is 95.6 Å². The molecule has 0 radical (unpaired) electrons. The van der Waals surface area contributed by atoms with Crippen LogP contribution in [0.4, 0.5) is 5.82 Å². The van der Waals surface area contributed by atoms with Crippen LogP contribution in [-0.4, -0.2) is 39.9 Å². The molecule has 1 saturated carbocycles. The van der Waals surface area contributed by atoms with Gasteiger partial charge in [-0.2, -0.15) is 10.4 Å². The first-order chi connectivity index (χ1) is 19.0. The van der Waals surface area contributed by atoms with Gasteiger partial charge in [0.15, 0.2) is 0 Å². The zero-order valence-corrected chi connectivity index (χ0v) is 22.8. The van der Waals surface area contributed by atoms with Crippen LogP contribution in [0.3, 0.4) is 0 Å². The average molecular weight is 520 g/mol. The van der Waals surface area contributed by atoms with E-state index in [0.717, 1.165) is 91.6 Å². The van der Waals surface area contributed by atoms with Crippen molar-refractivity contribution >= 4 is 23.1 Å². The van der Waals surface area contributed by atoms with Crippen LogP contribution in [0.2, 0.25) is 0 Å². The summed E-state index contributed by atoms with van der Waals surface area (Å²) in [4.78, 5) is 12.0. The van der Waals surface area contributed by atoms with Gasteiger partial charge in [-0.05, 0) is 68.6 Å². The molecule has 1 saturated heterocycles. The third-order valence-corrected chi connectivity index (χ3v) is 8.61. The maximum atomic E-state index is 9.77. The third kappa shape index (κ3) is 5.37. The molecule has 3 aromatic rings. The maximum Gasteiger partial charge on any atom is 0.128 e. The molecule has 2 fully saturated rings. The molecule has 0 atom stereocenters. The van der Waals surface area contributed by atoms with E-state index in [2.05, 4.69) is 60.4 Å². The van der Waals surface area contributed by atoms with Crippen LogP contribution >= 0.6 is 0 Å². The number of rotatable bonds is 7. The Morgan fingerprint density at radius 2 is 2.03 bits per heavy atom. The molecule has 39 heavy (non-hydrogen) atoms. The minimum atomic E-state index is 0.237. The lowest BCUT2D eigenvalue weighted by atomic mass is 9.76. The van der Waals surface area contributed by atoms with Crippen molar-refractivity contribution in [2.24, 2.45) is 16.1 Å². The number of allylic oxidation sites excluding steroid dienone is 3. The molecule has 200 valence electrons. The van der Waals surface area contributed by atoms with E-state index in [1.807, 2.05) is 18.6 Å². The van der Waals surface area contributed by atoms with Crippen LogP contribution in [0, 0.1) is 16.7 Å². The van der Waals surface area contributed by atoms with E-state index in [-0.39, 0.29) is 11.5 Å². The number of pyridine rings is 2. The molecule has 1 aliphatic carbocycles. The quantitative estimate of drug-likeness (QED) is 0.291. The zero-order chi connectivity index (χ0) is 27.4.